The number of rotatable bonds is 14. The van der Waals surface area contributed by atoms with E-state index in [0.29, 0.717) is 26.2 Å². The lowest BCUT2D eigenvalue weighted by atomic mass is 9.81. The van der Waals surface area contributed by atoms with Gasteiger partial charge in [0.05, 0.1) is 0 Å². The fourth-order valence-corrected chi connectivity index (χ4v) is 4.51. The molecule has 1 fully saturated rings. The van der Waals surface area contributed by atoms with Crippen molar-refractivity contribution >= 4 is 24.4 Å². The number of alkyl carbamates (subject to hydrolysis) is 4. The van der Waals surface area contributed by atoms with E-state index in [-0.39, 0.29) is 38.3 Å². The molecule has 12 nitrogen and oxygen atoms in total. The average molecular weight is 585 g/mol. The summed E-state index contributed by atoms with van der Waals surface area (Å²) < 4.78 is 20.2. The Balaban J connectivity index is 1.16. The summed E-state index contributed by atoms with van der Waals surface area (Å²) in [6, 6.07) is 18.9. The molecule has 0 saturated heterocycles. The van der Waals surface area contributed by atoms with Crippen LogP contribution in [0.25, 0.3) is 0 Å². The van der Waals surface area contributed by atoms with Gasteiger partial charge in [-0.15, -0.1) is 0 Å². The maximum atomic E-state index is 12.0. The third-order valence-corrected chi connectivity index (χ3v) is 6.62. The molecule has 0 bridgehead atoms. The number of carbonyl (C=O) groups is 4. The molecule has 1 aliphatic carbocycles. The van der Waals surface area contributed by atoms with Gasteiger partial charge in [-0.3, -0.25) is 0 Å². The van der Waals surface area contributed by atoms with Crippen LogP contribution in [0.15, 0.2) is 60.7 Å². The molecule has 2 aromatic rings. The van der Waals surface area contributed by atoms with Gasteiger partial charge in [0.1, 0.15) is 26.4 Å². The summed E-state index contributed by atoms with van der Waals surface area (Å²) in [5.74, 6) is 0.522. The van der Waals surface area contributed by atoms with Crippen molar-refractivity contribution in [1.29, 1.82) is 0 Å². The number of hydrogen-bond acceptors (Lipinski definition) is 8. The van der Waals surface area contributed by atoms with Gasteiger partial charge in [-0.25, -0.2) is 19.2 Å². The molecule has 1 saturated carbocycles. The van der Waals surface area contributed by atoms with E-state index in [1.807, 2.05) is 60.7 Å². The second kappa shape index (κ2) is 18.8. The second-order valence-corrected chi connectivity index (χ2v) is 9.88. The summed E-state index contributed by atoms with van der Waals surface area (Å²) >= 11 is 0. The lowest BCUT2D eigenvalue weighted by Crippen LogP contribution is -2.36. The van der Waals surface area contributed by atoms with Crippen molar-refractivity contribution in [2.45, 2.75) is 38.8 Å². The summed E-state index contributed by atoms with van der Waals surface area (Å²) in [4.78, 5) is 47.5. The van der Waals surface area contributed by atoms with Crippen LogP contribution in [0.2, 0.25) is 0 Å². The Morgan fingerprint density at radius 3 is 1.29 bits per heavy atom. The van der Waals surface area contributed by atoms with Gasteiger partial charge >= 0.3 is 24.4 Å². The summed E-state index contributed by atoms with van der Waals surface area (Å²) in [6.45, 7) is 1.43. The molecule has 42 heavy (non-hydrogen) atoms. The topological polar surface area (TPSA) is 153 Å². The van der Waals surface area contributed by atoms with E-state index in [1.54, 1.807) is 0 Å². The fraction of sp³-hybridized carbons (Fsp3) is 0.467. The lowest BCUT2D eigenvalue weighted by molar-refractivity contribution is 0.0929. The molecule has 0 radical (unpaired) electrons. The highest BCUT2D eigenvalue weighted by Gasteiger charge is 2.23. The van der Waals surface area contributed by atoms with E-state index < -0.39 is 24.4 Å². The molecule has 2 atom stereocenters. The van der Waals surface area contributed by atoms with Crippen molar-refractivity contribution in [1.82, 2.24) is 21.3 Å². The van der Waals surface area contributed by atoms with Crippen LogP contribution in [0.4, 0.5) is 19.2 Å². The molecule has 0 aromatic heterocycles. The van der Waals surface area contributed by atoms with Crippen molar-refractivity contribution in [2.24, 2.45) is 11.8 Å². The Hall–Kier alpha value is -4.48. The van der Waals surface area contributed by atoms with E-state index in [9.17, 15) is 19.2 Å². The normalized spacial score (nSPS) is 15.9. The molecule has 0 spiro atoms. The molecule has 4 N–H and O–H groups in total. The second-order valence-electron chi connectivity index (χ2n) is 9.88. The van der Waals surface area contributed by atoms with Crippen LogP contribution in [-0.4, -0.2) is 63.9 Å². The number of hydrogen-bond donors (Lipinski definition) is 4. The van der Waals surface area contributed by atoms with Gasteiger partial charge in [0.25, 0.3) is 0 Å². The maximum absolute atomic E-state index is 12.0. The first-order valence-electron chi connectivity index (χ1n) is 14.2. The van der Waals surface area contributed by atoms with Crippen LogP contribution in [0.3, 0.4) is 0 Å². The highest BCUT2D eigenvalue weighted by atomic mass is 16.6. The predicted octanol–water partition coefficient (Wildman–Crippen LogP) is 4.10. The highest BCUT2D eigenvalue weighted by Crippen LogP contribution is 2.28. The highest BCUT2D eigenvalue weighted by molar-refractivity contribution is 5.68. The predicted molar refractivity (Wildman–Crippen MR) is 153 cm³/mol. The van der Waals surface area contributed by atoms with Crippen molar-refractivity contribution < 1.29 is 38.1 Å². The molecule has 0 aliphatic heterocycles. The summed E-state index contributed by atoms with van der Waals surface area (Å²) in [5.41, 5.74) is 1.91. The molecule has 2 unspecified atom stereocenters. The Morgan fingerprint density at radius 1 is 0.548 bits per heavy atom. The molecular weight excluding hydrogens is 544 g/mol. The van der Waals surface area contributed by atoms with Crippen LogP contribution in [0, 0.1) is 11.8 Å². The Morgan fingerprint density at radius 2 is 0.905 bits per heavy atom. The van der Waals surface area contributed by atoms with Crippen molar-refractivity contribution in [3.05, 3.63) is 71.8 Å². The van der Waals surface area contributed by atoms with Gasteiger partial charge in [-0.05, 0) is 42.2 Å². The first-order valence-corrected chi connectivity index (χ1v) is 14.2. The van der Waals surface area contributed by atoms with E-state index in [1.165, 1.54) is 0 Å². The molecule has 228 valence electrons. The van der Waals surface area contributed by atoms with Crippen molar-refractivity contribution in [2.75, 3.05) is 39.5 Å². The lowest BCUT2D eigenvalue weighted by Gasteiger charge is -2.29. The minimum Gasteiger partial charge on any atom is -0.446 e. The zero-order valence-corrected chi connectivity index (χ0v) is 23.7. The van der Waals surface area contributed by atoms with E-state index in [2.05, 4.69) is 21.3 Å². The summed E-state index contributed by atoms with van der Waals surface area (Å²) in [7, 11) is 0. The smallest absolute Gasteiger partial charge is 0.407 e. The molecule has 2 aromatic carbocycles. The first-order chi connectivity index (χ1) is 20.5. The van der Waals surface area contributed by atoms with E-state index in [4.69, 9.17) is 18.9 Å². The van der Waals surface area contributed by atoms with Gasteiger partial charge in [-0.2, -0.15) is 0 Å². The Kier molecular flexibility index (Phi) is 14.3. The van der Waals surface area contributed by atoms with E-state index >= 15 is 0 Å². The Bertz CT molecular complexity index is 1020. The molecule has 4 amide bonds. The van der Waals surface area contributed by atoms with Gasteiger partial charge in [-0.1, -0.05) is 67.1 Å². The third kappa shape index (κ3) is 13.7. The number of amides is 4. The first kappa shape index (κ1) is 32.0. The fourth-order valence-electron chi connectivity index (χ4n) is 4.51. The number of benzene rings is 2. The minimum absolute atomic E-state index is 0.0467. The Labute approximate surface area is 245 Å². The van der Waals surface area contributed by atoms with Gasteiger partial charge < -0.3 is 40.2 Å². The minimum atomic E-state index is -0.580. The summed E-state index contributed by atoms with van der Waals surface area (Å²) in [6.07, 6.45) is 1.47. The van der Waals surface area contributed by atoms with E-state index in [0.717, 1.165) is 36.8 Å². The quantitative estimate of drug-likeness (QED) is 0.191. The zero-order valence-electron chi connectivity index (χ0n) is 23.7. The van der Waals surface area contributed by atoms with Crippen LogP contribution in [0.5, 0.6) is 0 Å². The van der Waals surface area contributed by atoms with Gasteiger partial charge in [0, 0.05) is 26.2 Å². The largest absolute Gasteiger partial charge is 0.446 e. The van der Waals surface area contributed by atoms with Crippen molar-refractivity contribution in [3.63, 3.8) is 0 Å². The average Bonchev–Trinajstić information content (AvgIpc) is 3.02. The maximum Gasteiger partial charge on any atom is 0.407 e. The van der Waals surface area contributed by atoms with Crippen LogP contribution >= 0.6 is 0 Å². The number of nitrogens with one attached hydrogen (secondary N) is 4. The molecule has 1 aliphatic rings. The van der Waals surface area contributed by atoms with Crippen molar-refractivity contribution in [3.8, 4) is 0 Å². The molecule has 0 heterocycles. The zero-order chi connectivity index (χ0) is 29.8. The standard InChI is InChI=1S/C30H40N4O8/c35-27(31-19-23-8-3-1-4-9-23)39-14-16-41-29(37)33-21-25-12-7-13-26(18-25)22-34-30(38)42-17-15-40-28(36)32-20-24-10-5-2-6-11-24/h1-6,8-11,25-26H,7,12-22H2,(H,31,35)(H,32,36)(H,33,37)(H,34,38). The number of ether oxygens (including phenoxy) is 4. The molecule has 12 heteroatoms. The van der Waals surface area contributed by atoms with Crippen LogP contribution < -0.4 is 21.3 Å². The molecular formula is C30H40N4O8. The van der Waals surface area contributed by atoms with Crippen LogP contribution in [-0.2, 0) is 32.0 Å². The molecule has 3 rings (SSSR count). The third-order valence-electron chi connectivity index (χ3n) is 6.62. The number of carbonyl (C=O) groups excluding carboxylic acids is 4. The van der Waals surface area contributed by atoms with Crippen LogP contribution in [0.1, 0.15) is 36.8 Å². The SMILES string of the molecule is O=C(NCc1ccccc1)OCCOC(=O)NCC1CCCC(CNC(=O)OCCOC(=O)NCc2ccccc2)C1. The monoisotopic (exact) mass is 584 g/mol. The van der Waals surface area contributed by atoms with Gasteiger partial charge in [0.2, 0.25) is 0 Å². The van der Waals surface area contributed by atoms with Gasteiger partial charge in [0.15, 0.2) is 0 Å². The summed E-state index contributed by atoms with van der Waals surface area (Å²) in [5, 5.41) is 10.8.